The second-order valence-electron chi connectivity index (χ2n) is 22.3. The Morgan fingerprint density at radius 3 is 2.06 bits per heavy atom. The van der Waals surface area contributed by atoms with Crippen molar-refractivity contribution in [3.63, 3.8) is 0 Å². The third kappa shape index (κ3) is 7.57. The monoisotopic (exact) mass is 964 g/mol. The Morgan fingerprint density at radius 2 is 1.50 bits per heavy atom. The van der Waals surface area contributed by atoms with Gasteiger partial charge in [-0.2, -0.15) is 15.1 Å². The molecule has 72 heavy (non-hydrogen) atoms. The van der Waals surface area contributed by atoms with Crippen LogP contribution in [0.3, 0.4) is 0 Å². The van der Waals surface area contributed by atoms with Crippen LogP contribution in [-0.4, -0.2) is 87.9 Å². The third-order valence-electron chi connectivity index (χ3n) is 16.1. The molecule has 6 aliphatic rings. The van der Waals surface area contributed by atoms with Gasteiger partial charge in [-0.15, -0.1) is 6.42 Å². The molecule has 13 rings (SSSR count). The van der Waals surface area contributed by atoms with Crippen molar-refractivity contribution in [1.82, 2.24) is 24.6 Å². The van der Waals surface area contributed by atoms with Gasteiger partial charge in [0.2, 0.25) is 0 Å². The molecule has 3 atom stereocenters. The van der Waals surface area contributed by atoms with E-state index in [1.165, 1.54) is 0 Å². The van der Waals surface area contributed by atoms with Crippen LogP contribution in [0.5, 0.6) is 11.8 Å². The van der Waals surface area contributed by atoms with E-state index < -0.39 is 11.1 Å². The summed E-state index contributed by atoms with van der Waals surface area (Å²) in [7, 11) is 1.65. The largest absolute Gasteiger partial charge is 0.490 e. The van der Waals surface area contributed by atoms with Crippen LogP contribution in [0, 0.1) is 35.9 Å². The molecule has 5 aromatic carbocycles. The molecule has 368 valence electrons. The molecule has 0 N–H and O–H groups in total. The summed E-state index contributed by atoms with van der Waals surface area (Å²) in [5, 5.41) is 7.04. The molecule has 4 aliphatic carbocycles. The van der Waals surface area contributed by atoms with Crippen molar-refractivity contribution in [2.24, 2.45) is 10.8 Å². The van der Waals surface area contributed by atoms with Gasteiger partial charge in [-0.1, -0.05) is 96.9 Å². The second kappa shape index (κ2) is 17.1. The maximum absolute atomic E-state index is 17.2. The first-order valence-corrected chi connectivity index (χ1v) is 25.5. The average molecular weight is 965 g/mol. The summed E-state index contributed by atoms with van der Waals surface area (Å²) in [6.07, 6.45) is 13.0. The van der Waals surface area contributed by atoms with Crippen molar-refractivity contribution in [3.05, 3.63) is 143 Å². The van der Waals surface area contributed by atoms with Gasteiger partial charge in [-0.05, 0) is 113 Å². The Balaban J connectivity index is 1.09. The molecule has 0 radical (unpaired) electrons. The second-order valence-corrected chi connectivity index (χ2v) is 22.3. The number of likely N-dealkylation sites (tertiary alicyclic amines) is 1. The number of aromatic nitrogens is 4. The van der Waals surface area contributed by atoms with Crippen LogP contribution in [0.2, 0.25) is 0 Å². The van der Waals surface area contributed by atoms with E-state index in [1.54, 1.807) is 13.2 Å². The lowest BCUT2D eigenvalue weighted by atomic mass is 9.36. The number of piperazine rings is 1. The third-order valence-corrected chi connectivity index (χ3v) is 16.1. The highest BCUT2D eigenvalue weighted by molar-refractivity contribution is 6.06. The number of benzene rings is 5. The van der Waals surface area contributed by atoms with Gasteiger partial charge in [-0.3, -0.25) is 4.68 Å². The van der Waals surface area contributed by atoms with E-state index >= 15 is 4.39 Å². The Bertz CT molecular complexity index is 3170. The molecule has 11 nitrogen and oxygen atoms in total. The predicted molar refractivity (Wildman–Crippen MR) is 277 cm³/mol. The molecular formula is C60H61FN6O5. The SMILES string of the molecule is C#CC12CC(COc3c(-c4c(C)c(F)cc5nn(C(c6ccccc6)(c6ccccc6)c6ccccc6)cc45)c(C4CC4)cc4c(N5C[C@H]6C[C@@H]5CN6C(=O)OC(C)(C)C)nc(OC[C@H](C)OC)nc34)(C1)C2. The first-order chi connectivity index (χ1) is 34.7. The van der Waals surface area contributed by atoms with Crippen molar-refractivity contribution in [3.8, 4) is 35.2 Å². The number of carbonyl (C=O) groups excluding carboxylic acids is 1. The molecule has 7 aromatic rings. The van der Waals surface area contributed by atoms with Crippen molar-refractivity contribution < 1.29 is 28.1 Å². The fraction of sp³-hybridized carbons (Fsp3) is 0.400. The van der Waals surface area contributed by atoms with E-state index in [0.29, 0.717) is 42.0 Å². The normalized spacial score (nSPS) is 22.6. The first-order valence-electron chi connectivity index (χ1n) is 25.5. The van der Waals surface area contributed by atoms with Crippen molar-refractivity contribution in [2.45, 2.75) is 108 Å². The number of fused-ring (bicyclic) bond motifs is 4. The van der Waals surface area contributed by atoms with Crippen molar-refractivity contribution in [1.29, 1.82) is 0 Å². The van der Waals surface area contributed by atoms with Crippen LogP contribution in [0.25, 0.3) is 32.9 Å². The maximum atomic E-state index is 17.2. The van der Waals surface area contributed by atoms with E-state index in [1.807, 2.05) is 62.4 Å². The number of halogens is 1. The number of hydrogen-bond donors (Lipinski definition) is 0. The Kier molecular flexibility index (Phi) is 10.9. The smallest absolute Gasteiger partial charge is 0.410 e. The number of carbonyl (C=O) groups is 1. The number of anilines is 1. The van der Waals surface area contributed by atoms with Crippen LogP contribution in [0.4, 0.5) is 15.0 Å². The minimum atomic E-state index is -0.939. The fourth-order valence-electron chi connectivity index (χ4n) is 12.5. The number of hydrogen-bond acceptors (Lipinski definition) is 9. The molecule has 4 saturated carbocycles. The van der Waals surface area contributed by atoms with Gasteiger partial charge >= 0.3 is 12.1 Å². The minimum absolute atomic E-state index is 0.0180. The molecular weight excluding hydrogens is 904 g/mol. The molecule has 12 heteroatoms. The molecule has 1 amide bonds. The summed E-state index contributed by atoms with van der Waals surface area (Å²) in [6.45, 7) is 11.2. The summed E-state index contributed by atoms with van der Waals surface area (Å²) < 4.78 is 44.5. The number of amides is 1. The van der Waals surface area contributed by atoms with Gasteiger partial charge in [0.1, 0.15) is 34.9 Å². The topological polar surface area (TPSA) is 104 Å². The standard InChI is InChI=1S/C60H61FN6O5/c1-8-58-33-59(34-58,35-58)36-71-53-51(50-38(3)48(61)28-49-47(50)31-67(64-49)60(40-18-12-9-13-19-40,41-20-14-10-15-21-41)42-22-16-11-17-23-42)45(39-24-25-39)27-46-52(53)62-55(70-32-37(2)69-7)63-54(46)65-29-44-26-43(65)30-66(44)56(68)72-57(4,5)6/h1,9-23,27-28,31,37,39,43-44H,24-26,29-30,32-36H2,2-7H3/t37-,43+,44+,58?,59?/m0/s1. The lowest BCUT2D eigenvalue weighted by Gasteiger charge is -2.68. The zero-order chi connectivity index (χ0) is 49.7. The number of terminal acetylenes is 1. The summed E-state index contributed by atoms with van der Waals surface area (Å²) in [6, 6.07) is 35.2. The van der Waals surface area contributed by atoms with E-state index in [4.69, 9.17) is 40.4 Å². The summed E-state index contributed by atoms with van der Waals surface area (Å²) in [4.78, 5) is 28.2. The van der Waals surface area contributed by atoms with Crippen LogP contribution in [0.1, 0.15) is 100.0 Å². The van der Waals surface area contributed by atoms with Gasteiger partial charge in [0.05, 0.1) is 30.3 Å². The van der Waals surface area contributed by atoms with Gasteiger partial charge in [0, 0.05) is 65.2 Å². The highest BCUT2D eigenvalue weighted by atomic mass is 19.1. The van der Waals surface area contributed by atoms with E-state index in [0.717, 1.165) is 88.5 Å². The van der Waals surface area contributed by atoms with Crippen molar-refractivity contribution in [2.75, 3.05) is 38.3 Å². The molecule has 4 heterocycles. The maximum Gasteiger partial charge on any atom is 0.410 e. The molecule has 6 fully saturated rings. The predicted octanol–water partition coefficient (Wildman–Crippen LogP) is 11.6. The zero-order valence-electron chi connectivity index (χ0n) is 42.0. The molecule has 2 aromatic heterocycles. The highest BCUT2D eigenvalue weighted by Crippen LogP contribution is 2.73. The highest BCUT2D eigenvalue weighted by Gasteiger charge is 2.67. The van der Waals surface area contributed by atoms with Gasteiger partial charge in [0.25, 0.3) is 0 Å². The first kappa shape index (κ1) is 46.1. The number of ether oxygens (including phenoxy) is 4. The number of nitrogens with zero attached hydrogens (tertiary/aromatic N) is 6. The average Bonchev–Trinajstić information content (AvgIpc) is 3.79. The Morgan fingerprint density at radius 1 is 0.861 bits per heavy atom. The van der Waals surface area contributed by atoms with Crippen LogP contribution in [0.15, 0.2) is 109 Å². The van der Waals surface area contributed by atoms with Crippen molar-refractivity contribution >= 4 is 33.7 Å². The number of rotatable bonds is 14. The van der Waals surface area contributed by atoms with Crippen LogP contribution >= 0.6 is 0 Å². The van der Waals surface area contributed by atoms with E-state index in [-0.39, 0.29) is 59.5 Å². The van der Waals surface area contributed by atoms with Gasteiger partial charge < -0.3 is 28.7 Å². The van der Waals surface area contributed by atoms with E-state index in [9.17, 15) is 4.79 Å². The zero-order valence-corrected chi connectivity index (χ0v) is 42.0. The fourth-order valence-corrected chi connectivity index (χ4v) is 12.5. The Labute approximate surface area is 420 Å². The van der Waals surface area contributed by atoms with E-state index in [2.05, 4.69) is 95.9 Å². The van der Waals surface area contributed by atoms with Crippen LogP contribution < -0.4 is 14.4 Å². The lowest BCUT2D eigenvalue weighted by molar-refractivity contribution is -0.180. The quantitative estimate of drug-likeness (QED) is 0.0778. The van der Waals surface area contributed by atoms with Gasteiger partial charge in [0.15, 0.2) is 5.75 Å². The van der Waals surface area contributed by atoms with Gasteiger partial charge in [-0.25, -0.2) is 9.18 Å². The number of methoxy groups -OCH3 is 1. The minimum Gasteiger partial charge on any atom is -0.490 e. The molecule has 2 saturated heterocycles. The lowest BCUT2D eigenvalue weighted by Crippen LogP contribution is -2.63. The molecule has 2 aliphatic heterocycles. The summed E-state index contributed by atoms with van der Waals surface area (Å²) >= 11 is 0. The summed E-state index contributed by atoms with van der Waals surface area (Å²) in [5.74, 6) is 4.18. The summed E-state index contributed by atoms with van der Waals surface area (Å²) in [5.41, 5.74) is 5.54. The van der Waals surface area contributed by atoms with Crippen LogP contribution in [-0.2, 0) is 15.0 Å². The molecule has 0 spiro atoms. The molecule has 0 unspecified atom stereocenters. The Hall–Kier alpha value is -6.97. The molecule has 4 bridgehead atoms.